The maximum atomic E-state index is 11.4. The summed E-state index contributed by atoms with van der Waals surface area (Å²) in [5, 5.41) is 38.4. The number of phenolic OH excluding ortho intramolecular Hbond substituents is 1. The van der Waals surface area contributed by atoms with Gasteiger partial charge < -0.3 is 20.6 Å². The number of hydrogen-bond donors (Lipinski definition) is 4. The minimum atomic E-state index is -0.733. The first-order chi connectivity index (χ1) is 12.5. The molecule has 0 saturated heterocycles. The molecular weight excluding hydrogens is 466 g/mol. The Bertz CT molecular complexity index is 1120. The fourth-order valence-corrected chi connectivity index (χ4v) is 6.96. The number of halogens is 2. The lowest BCUT2D eigenvalue weighted by atomic mass is 9.62. The number of aliphatic imine (C=N–C) groups is 1. The zero-order valence-electron chi connectivity index (χ0n) is 13.7. The van der Waals surface area contributed by atoms with Crippen molar-refractivity contribution >= 4 is 53.4 Å². The van der Waals surface area contributed by atoms with Crippen molar-refractivity contribution in [3.05, 3.63) is 26.4 Å². The quantitative estimate of drug-likeness (QED) is 0.331. The van der Waals surface area contributed by atoms with E-state index >= 15 is 0 Å². The smallest absolute Gasteiger partial charge is 0.216 e. The van der Waals surface area contributed by atoms with Gasteiger partial charge in [-0.15, -0.1) is 0 Å². The molecule has 6 rings (SSSR count). The van der Waals surface area contributed by atoms with E-state index < -0.39 is 11.5 Å². The van der Waals surface area contributed by atoms with Gasteiger partial charge in [0.25, 0.3) is 0 Å². The zero-order chi connectivity index (χ0) is 18.0. The molecule has 0 fully saturated rings. The molecule has 26 heavy (non-hydrogen) atoms. The standard InChI is InChI=1S/C18H15Br2N3O3/c19-15-8(24)5-7-16(26)18(15)2-3-21-12-10(18)13-9-6(1-4-23(7)13)17(20)22-11(9)14(12)25/h7,16,26H,1-5H2,(H2,21,22,24,25)/p+1. The predicted molar refractivity (Wildman–Crippen MR) is 105 cm³/mol. The van der Waals surface area contributed by atoms with Crippen LogP contribution in [0, 0.1) is 0 Å². The van der Waals surface area contributed by atoms with Crippen LogP contribution in [-0.4, -0.2) is 45.2 Å². The van der Waals surface area contributed by atoms with Gasteiger partial charge in [0.05, 0.1) is 28.3 Å². The molecule has 3 unspecified atom stereocenters. The van der Waals surface area contributed by atoms with Crippen LogP contribution in [-0.2, 0) is 5.41 Å². The lowest BCUT2D eigenvalue weighted by molar-refractivity contribution is 0.0237. The van der Waals surface area contributed by atoms with Crippen LogP contribution >= 0.6 is 31.9 Å². The minimum absolute atomic E-state index is 0.127. The first-order valence-corrected chi connectivity index (χ1v) is 10.4. The van der Waals surface area contributed by atoms with Gasteiger partial charge in [-0.05, 0) is 22.4 Å². The van der Waals surface area contributed by atoms with Crippen LogP contribution in [0.4, 0.5) is 11.4 Å². The monoisotopic (exact) mass is 480 g/mol. The summed E-state index contributed by atoms with van der Waals surface area (Å²) in [7, 11) is 0. The summed E-state index contributed by atoms with van der Waals surface area (Å²) in [5.41, 5.74) is 2.50. The van der Waals surface area contributed by atoms with Crippen LogP contribution < -0.4 is 20.5 Å². The predicted octanol–water partition coefficient (Wildman–Crippen LogP) is 1.24. The van der Waals surface area contributed by atoms with Crippen molar-refractivity contribution in [2.24, 2.45) is 4.99 Å². The molecule has 4 aliphatic heterocycles. The zero-order valence-corrected chi connectivity index (χ0v) is 16.9. The van der Waals surface area contributed by atoms with Crippen molar-refractivity contribution < 1.29 is 15.3 Å². The molecule has 4 heterocycles. The molecule has 1 aromatic carbocycles. The number of rotatable bonds is 0. The summed E-state index contributed by atoms with van der Waals surface area (Å²) in [6.45, 7) is 1.36. The number of anilines is 1. The number of fused-ring (bicyclic) bond motifs is 2. The molecule has 5 aliphatic rings. The van der Waals surface area contributed by atoms with Crippen molar-refractivity contribution in [3.8, 4) is 5.75 Å². The SMILES string of the molecule is OC1=C(Br)C23CCNc4c(O)c5c6c(c42)=[N+](CCC=6C(Br)=N5)C(C1)C3O. The highest BCUT2D eigenvalue weighted by Gasteiger charge is 2.61. The van der Waals surface area contributed by atoms with E-state index in [-0.39, 0.29) is 11.8 Å². The van der Waals surface area contributed by atoms with Crippen LogP contribution in [0.15, 0.2) is 15.2 Å². The summed E-state index contributed by atoms with van der Waals surface area (Å²) in [4.78, 5) is 4.58. The van der Waals surface area contributed by atoms with Crippen LogP contribution in [0.1, 0.15) is 24.8 Å². The van der Waals surface area contributed by atoms with Gasteiger partial charge in [0.1, 0.15) is 28.7 Å². The highest BCUT2D eigenvalue weighted by atomic mass is 79.9. The van der Waals surface area contributed by atoms with Gasteiger partial charge >= 0.3 is 0 Å². The van der Waals surface area contributed by atoms with Crippen molar-refractivity contribution in [2.75, 3.05) is 18.4 Å². The molecular formula is C18H16Br2N3O3+. The number of benzene rings is 1. The molecule has 3 atom stereocenters. The molecule has 0 radical (unpaired) electrons. The average Bonchev–Trinajstić information content (AvgIpc) is 2.98. The highest BCUT2D eigenvalue weighted by Crippen LogP contribution is 2.55. The fraction of sp³-hybridized carbons (Fsp3) is 0.444. The van der Waals surface area contributed by atoms with E-state index in [2.05, 4.69) is 46.7 Å². The van der Waals surface area contributed by atoms with Gasteiger partial charge in [0.2, 0.25) is 5.36 Å². The van der Waals surface area contributed by atoms with Crippen molar-refractivity contribution in [2.45, 2.75) is 36.8 Å². The van der Waals surface area contributed by atoms with Gasteiger partial charge in [-0.25, -0.2) is 9.57 Å². The van der Waals surface area contributed by atoms with Crippen molar-refractivity contribution in [3.63, 3.8) is 0 Å². The number of nitrogens with one attached hydrogen (secondary N) is 1. The van der Waals surface area contributed by atoms with Crippen LogP contribution in [0.25, 0.3) is 5.57 Å². The molecule has 0 aromatic heterocycles. The molecule has 1 aliphatic carbocycles. The molecule has 6 nitrogen and oxygen atoms in total. The first kappa shape index (κ1) is 15.7. The normalized spacial score (nSPS) is 33.1. The van der Waals surface area contributed by atoms with Gasteiger partial charge in [-0.1, -0.05) is 15.9 Å². The average molecular weight is 482 g/mol. The van der Waals surface area contributed by atoms with Crippen LogP contribution in [0.2, 0.25) is 0 Å². The van der Waals surface area contributed by atoms with Crippen LogP contribution in [0.3, 0.4) is 0 Å². The molecule has 2 bridgehead atoms. The van der Waals surface area contributed by atoms with E-state index in [4.69, 9.17) is 0 Å². The Morgan fingerprint density at radius 2 is 2.08 bits per heavy atom. The maximum Gasteiger partial charge on any atom is 0.216 e. The molecule has 134 valence electrons. The summed E-state index contributed by atoms with van der Waals surface area (Å²) >= 11 is 7.16. The van der Waals surface area contributed by atoms with E-state index in [0.717, 1.165) is 39.3 Å². The topological polar surface area (TPSA) is 88.1 Å². The van der Waals surface area contributed by atoms with E-state index in [0.29, 0.717) is 41.0 Å². The highest BCUT2D eigenvalue weighted by molar-refractivity contribution is 9.18. The number of phenols is 1. The fourth-order valence-electron chi connectivity index (χ4n) is 5.59. The third kappa shape index (κ3) is 1.48. The van der Waals surface area contributed by atoms with Gasteiger partial charge in [-0.2, -0.15) is 0 Å². The molecule has 0 saturated carbocycles. The minimum Gasteiger partial charge on any atom is -0.511 e. The second kappa shape index (κ2) is 4.72. The molecule has 4 N–H and O–H groups in total. The van der Waals surface area contributed by atoms with Crippen LogP contribution in [0.5, 0.6) is 5.75 Å². The Balaban J connectivity index is 1.91. The maximum absolute atomic E-state index is 11.4. The van der Waals surface area contributed by atoms with E-state index in [1.807, 2.05) is 0 Å². The third-order valence-electron chi connectivity index (χ3n) is 6.66. The molecule has 1 spiro atoms. The number of aromatic hydroxyl groups is 1. The Kier molecular flexibility index (Phi) is 2.84. The summed E-state index contributed by atoms with van der Waals surface area (Å²) in [6.07, 6.45) is 1.21. The molecule has 1 aromatic rings. The number of hydrogen-bond acceptors (Lipinski definition) is 5. The summed E-state index contributed by atoms with van der Waals surface area (Å²) < 4.78 is 3.65. The molecule has 0 amide bonds. The first-order valence-electron chi connectivity index (χ1n) is 8.77. The second-order valence-electron chi connectivity index (χ2n) is 7.62. The number of aliphatic hydroxyl groups excluding tert-OH is 2. The van der Waals surface area contributed by atoms with Gasteiger partial charge in [-0.3, -0.25) is 0 Å². The number of aliphatic hydroxyl groups is 2. The lowest BCUT2D eigenvalue weighted by Crippen LogP contribution is -2.69. The lowest BCUT2D eigenvalue weighted by Gasteiger charge is -2.49. The third-order valence-corrected chi connectivity index (χ3v) is 8.48. The molecule has 8 heteroatoms. The van der Waals surface area contributed by atoms with E-state index in [9.17, 15) is 15.3 Å². The second-order valence-corrected chi connectivity index (χ2v) is 9.16. The van der Waals surface area contributed by atoms with Gasteiger partial charge in [0, 0.05) is 23.0 Å². The summed E-state index contributed by atoms with van der Waals surface area (Å²) in [6, 6.07) is -0.177. The van der Waals surface area contributed by atoms with Crippen molar-refractivity contribution in [1.82, 2.24) is 4.58 Å². The Morgan fingerprint density at radius 1 is 1.27 bits per heavy atom. The number of nitrogens with zero attached hydrogens (tertiary/aromatic N) is 2. The Hall–Kier alpha value is -1.38. The van der Waals surface area contributed by atoms with E-state index in [1.54, 1.807) is 0 Å². The Morgan fingerprint density at radius 3 is 2.88 bits per heavy atom. The van der Waals surface area contributed by atoms with E-state index in [1.165, 1.54) is 0 Å². The largest absolute Gasteiger partial charge is 0.511 e. The Labute approximate surface area is 165 Å². The van der Waals surface area contributed by atoms with Gasteiger partial charge in [0.15, 0.2) is 11.8 Å². The summed E-state index contributed by atoms with van der Waals surface area (Å²) in [5.74, 6) is 0.425. The van der Waals surface area contributed by atoms with Crippen molar-refractivity contribution in [1.29, 1.82) is 0 Å².